The fourth-order valence-corrected chi connectivity index (χ4v) is 5.02. The zero-order valence-electron chi connectivity index (χ0n) is 12.2. The molecule has 0 unspecified atom stereocenters. The number of aromatic nitrogens is 1. The van der Waals surface area contributed by atoms with Crippen molar-refractivity contribution in [1.82, 2.24) is 4.57 Å². The molecule has 0 saturated carbocycles. The third-order valence-electron chi connectivity index (χ3n) is 3.36. The smallest absolute Gasteiger partial charge is 0.285 e. The first kappa shape index (κ1) is 16.2. The topological polar surface area (TPSA) is 51.4 Å². The van der Waals surface area contributed by atoms with Crippen molar-refractivity contribution in [3.63, 3.8) is 0 Å². The number of nitrogens with zero attached hydrogens (tertiary/aromatic N) is 2. The van der Waals surface area contributed by atoms with Crippen LogP contribution in [0.25, 0.3) is 10.2 Å². The minimum Gasteiger partial charge on any atom is -0.319 e. The van der Waals surface area contributed by atoms with Gasteiger partial charge in [0.05, 0.1) is 15.1 Å². The summed E-state index contributed by atoms with van der Waals surface area (Å²) in [4.78, 5) is 0.279. The lowest BCUT2D eigenvalue weighted by Crippen LogP contribution is -2.14. The molecule has 0 bridgehead atoms. The highest BCUT2D eigenvalue weighted by Gasteiger charge is 2.15. The molecule has 8 heteroatoms. The first-order chi connectivity index (χ1) is 10.8. The molecule has 1 heterocycles. The molecular formula is C15H12ClFN2O2S2. The van der Waals surface area contributed by atoms with Gasteiger partial charge in [0.15, 0.2) is 0 Å². The minimum atomic E-state index is -3.91. The second-order valence-electron chi connectivity index (χ2n) is 5.03. The summed E-state index contributed by atoms with van der Waals surface area (Å²) in [6.07, 6.45) is 0. The highest BCUT2D eigenvalue weighted by molar-refractivity contribution is 7.90. The molecule has 0 amide bonds. The number of aryl methyl sites for hydroxylation is 2. The van der Waals surface area contributed by atoms with Crippen molar-refractivity contribution in [2.45, 2.75) is 11.8 Å². The van der Waals surface area contributed by atoms with Crippen LogP contribution in [0.3, 0.4) is 0 Å². The summed E-state index contributed by atoms with van der Waals surface area (Å²) in [5.41, 5.74) is 1.82. The highest BCUT2D eigenvalue weighted by Crippen LogP contribution is 2.25. The molecule has 0 saturated heterocycles. The quantitative estimate of drug-likeness (QED) is 0.691. The monoisotopic (exact) mass is 370 g/mol. The summed E-state index contributed by atoms with van der Waals surface area (Å²) in [6, 6.07) is 8.18. The van der Waals surface area contributed by atoms with Crippen LogP contribution in [0.5, 0.6) is 0 Å². The standard InChI is InChI=1S/C15H12ClFN2O2S2/c1-9-7-10(16)8-13-14(9)19(2)15(22-13)18-23(20,21)12-5-3-11(17)4-6-12/h3-8H,1-2H3/b18-15-. The summed E-state index contributed by atoms with van der Waals surface area (Å²) in [5.74, 6) is -0.498. The molecule has 0 aliphatic carbocycles. The number of hydrogen-bond acceptors (Lipinski definition) is 3. The first-order valence-corrected chi connectivity index (χ1v) is 9.23. The first-order valence-electron chi connectivity index (χ1n) is 6.60. The molecule has 0 atom stereocenters. The van der Waals surface area contributed by atoms with E-state index >= 15 is 0 Å². The molecule has 0 fully saturated rings. The van der Waals surface area contributed by atoms with Crippen molar-refractivity contribution in [2.75, 3.05) is 0 Å². The van der Waals surface area contributed by atoms with Gasteiger partial charge in [-0.3, -0.25) is 0 Å². The Bertz CT molecular complexity index is 1070. The molecule has 0 aliphatic rings. The minimum absolute atomic E-state index is 0.0499. The lowest BCUT2D eigenvalue weighted by molar-refractivity contribution is 0.595. The zero-order chi connectivity index (χ0) is 16.8. The van der Waals surface area contributed by atoms with Gasteiger partial charge in [-0.1, -0.05) is 22.9 Å². The summed E-state index contributed by atoms with van der Waals surface area (Å²) in [5, 5.41) is 0.588. The Hall–Kier alpha value is -1.70. The summed E-state index contributed by atoms with van der Waals surface area (Å²) in [7, 11) is -2.16. The van der Waals surface area contributed by atoms with Crippen LogP contribution in [0.15, 0.2) is 45.7 Å². The van der Waals surface area contributed by atoms with Gasteiger partial charge in [0.1, 0.15) is 5.82 Å². The van der Waals surface area contributed by atoms with Gasteiger partial charge in [0.2, 0.25) is 4.80 Å². The molecule has 0 radical (unpaired) electrons. The van der Waals surface area contributed by atoms with E-state index < -0.39 is 15.8 Å². The number of sulfonamides is 1. The Labute approximate surface area is 141 Å². The van der Waals surface area contributed by atoms with Gasteiger partial charge < -0.3 is 4.57 Å². The molecule has 0 N–H and O–H groups in total. The predicted octanol–water partition coefficient (Wildman–Crippen LogP) is 3.63. The van der Waals surface area contributed by atoms with E-state index in [9.17, 15) is 12.8 Å². The number of rotatable bonds is 2. The van der Waals surface area contributed by atoms with Gasteiger partial charge in [-0.25, -0.2) is 4.39 Å². The molecule has 23 heavy (non-hydrogen) atoms. The fourth-order valence-electron chi connectivity index (χ4n) is 2.32. The van der Waals surface area contributed by atoms with Crippen molar-refractivity contribution >= 4 is 43.2 Å². The van der Waals surface area contributed by atoms with Gasteiger partial charge in [-0.05, 0) is 48.9 Å². The second-order valence-corrected chi connectivity index (χ2v) is 8.08. The molecule has 1 aromatic heterocycles. The predicted molar refractivity (Wildman–Crippen MR) is 89.7 cm³/mol. The molecule has 2 aromatic carbocycles. The SMILES string of the molecule is Cc1cc(Cl)cc2s/c(=N\S(=O)(=O)c3ccc(F)cc3)n(C)c12. The van der Waals surface area contributed by atoms with E-state index in [-0.39, 0.29) is 4.90 Å². The third-order valence-corrected chi connectivity index (χ3v) is 6.06. The average molecular weight is 371 g/mol. The van der Waals surface area contributed by atoms with E-state index in [1.807, 2.05) is 13.0 Å². The van der Waals surface area contributed by atoms with Crippen LogP contribution in [-0.2, 0) is 17.1 Å². The Morgan fingerprint density at radius 1 is 1.22 bits per heavy atom. The van der Waals surface area contributed by atoms with Gasteiger partial charge >= 0.3 is 0 Å². The third kappa shape index (κ3) is 3.04. The van der Waals surface area contributed by atoms with Crippen LogP contribution in [0.4, 0.5) is 4.39 Å². The van der Waals surface area contributed by atoms with Crippen molar-refractivity contribution in [3.05, 3.63) is 57.6 Å². The summed E-state index contributed by atoms with van der Waals surface area (Å²) in [6.45, 7) is 1.90. The van der Waals surface area contributed by atoms with Crippen LogP contribution in [0.2, 0.25) is 5.02 Å². The number of hydrogen-bond donors (Lipinski definition) is 0. The van der Waals surface area contributed by atoms with Crippen molar-refractivity contribution in [3.8, 4) is 0 Å². The Balaban J connectivity index is 2.23. The highest BCUT2D eigenvalue weighted by atomic mass is 35.5. The van der Waals surface area contributed by atoms with Crippen molar-refractivity contribution < 1.29 is 12.8 Å². The second kappa shape index (κ2) is 5.74. The number of fused-ring (bicyclic) bond motifs is 1. The maximum absolute atomic E-state index is 12.9. The van der Waals surface area contributed by atoms with E-state index in [0.717, 1.165) is 27.9 Å². The maximum Gasteiger partial charge on any atom is 0.285 e. The van der Waals surface area contributed by atoms with E-state index in [0.29, 0.717) is 9.82 Å². The van der Waals surface area contributed by atoms with Gasteiger partial charge in [-0.15, -0.1) is 4.40 Å². The van der Waals surface area contributed by atoms with Gasteiger partial charge in [-0.2, -0.15) is 8.42 Å². The molecule has 0 aliphatic heterocycles. The molecule has 4 nitrogen and oxygen atoms in total. The molecule has 3 aromatic rings. The normalized spacial score (nSPS) is 13.0. The van der Waals surface area contributed by atoms with E-state index in [1.54, 1.807) is 17.7 Å². The van der Waals surface area contributed by atoms with Crippen LogP contribution in [-0.4, -0.2) is 13.0 Å². The number of benzene rings is 2. The Kier molecular flexibility index (Phi) is 4.03. The average Bonchev–Trinajstić information content (AvgIpc) is 2.75. The molecule has 3 rings (SSSR count). The van der Waals surface area contributed by atoms with Gasteiger partial charge in [0, 0.05) is 12.1 Å². The summed E-state index contributed by atoms with van der Waals surface area (Å²) < 4.78 is 44.1. The molecule has 0 spiro atoms. The van der Waals surface area contributed by atoms with Crippen LogP contribution >= 0.6 is 22.9 Å². The van der Waals surface area contributed by atoms with E-state index in [1.165, 1.54) is 23.5 Å². The Morgan fingerprint density at radius 3 is 2.52 bits per heavy atom. The molecular weight excluding hydrogens is 359 g/mol. The zero-order valence-corrected chi connectivity index (χ0v) is 14.6. The Morgan fingerprint density at radius 2 is 1.87 bits per heavy atom. The lowest BCUT2D eigenvalue weighted by atomic mass is 10.2. The van der Waals surface area contributed by atoms with E-state index in [2.05, 4.69) is 4.40 Å². The van der Waals surface area contributed by atoms with Crippen LogP contribution in [0.1, 0.15) is 5.56 Å². The summed E-state index contributed by atoms with van der Waals surface area (Å²) >= 11 is 7.28. The number of halogens is 2. The van der Waals surface area contributed by atoms with Crippen molar-refractivity contribution in [2.24, 2.45) is 11.4 Å². The molecule has 120 valence electrons. The van der Waals surface area contributed by atoms with E-state index in [4.69, 9.17) is 11.6 Å². The van der Waals surface area contributed by atoms with Crippen LogP contribution in [0, 0.1) is 12.7 Å². The van der Waals surface area contributed by atoms with Crippen molar-refractivity contribution in [1.29, 1.82) is 0 Å². The largest absolute Gasteiger partial charge is 0.319 e. The van der Waals surface area contributed by atoms with Gasteiger partial charge in [0.25, 0.3) is 10.0 Å². The fraction of sp³-hybridized carbons (Fsp3) is 0.133. The maximum atomic E-state index is 12.9. The lowest BCUT2D eigenvalue weighted by Gasteiger charge is -2.01. The number of thiazole rings is 1. The van der Waals surface area contributed by atoms with Crippen LogP contribution < -0.4 is 4.80 Å².